The quantitative estimate of drug-likeness (QED) is 0.748. The van der Waals surface area contributed by atoms with E-state index in [9.17, 15) is 9.18 Å². The smallest absolute Gasteiger partial charge is 0.123 e. The lowest BCUT2D eigenvalue weighted by molar-refractivity contribution is -0.112. The lowest BCUT2D eigenvalue weighted by atomic mass is 9.91. The summed E-state index contributed by atoms with van der Waals surface area (Å²) in [6.45, 7) is 4.05. The van der Waals surface area contributed by atoms with Gasteiger partial charge < -0.3 is 4.79 Å². The molecule has 0 saturated carbocycles. The maximum Gasteiger partial charge on any atom is 0.123 e. The number of carbonyl (C=O) groups excluding carboxylic acids is 1. The van der Waals surface area contributed by atoms with Gasteiger partial charge in [-0.1, -0.05) is 29.8 Å². The number of aldehydes is 1. The van der Waals surface area contributed by atoms with E-state index in [1.165, 1.54) is 12.1 Å². The van der Waals surface area contributed by atoms with Gasteiger partial charge in [-0.05, 0) is 42.5 Å². The van der Waals surface area contributed by atoms with E-state index >= 15 is 0 Å². The van der Waals surface area contributed by atoms with E-state index in [2.05, 4.69) is 15.9 Å². The molecule has 1 nitrogen and oxygen atoms in total. The minimum atomic E-state index is -0.231. The van der Waals surface area contributed by atoms with E-state index in [4.69, 9.17) is 0 Å². The van der Waals surface area contributed by atoms with Gasteiger partial charge in [0.25, 0.3) is 0 Å². The van der Waals surface area contributed by atoms with Crippen molar-refractivity contribution in [3.8, 4) is 0 Å². The molecule has 3 heteroatoms. The molecule has 0 amide bonds. The van der Waals surface area contributed by atoms with Crippen LogP contribution in [0.1, 0.15) is 25.8 Å². The Morgan fingerprint density at radius 2 is 2.12 bits per heavy atom. The molecule has 88 valence electrons. The molecule has 1 atom stereocenters. The van der Waals surface area contributed by atoms with Gasteiger partial charge in [-0.25, -0.2) is 4.39 Å². The van der Waals surface area contributed by atoms with Gasteiger partial charge in [0, 0.05) is 10.4 Å². The third kappa shape index (κ3) is 3.71. The van der Waals surface area contributed by atoms with Crippen LogP contribution < -0.4 is 0 Å². The van der Waals surface area contributed by atoms with E-state index in [-0.39, 0.29) is 11.7 Å². The summed E-state index contributed by atoms with van der Waals surface area (Å²) in [4.78, 5) is 10.8. The molecule has 0 N–H and O–H groups in total. The summed E-state index contributed by atoms with van der Waals surface area (Å²) in [7, 11) is 0. The number of hydrogen-bond acceptors (Lipinski definition) is 1. The van der Waals surface area contributed by atoms with Crippen LogP contribution in [0.4, 0.5) is 4.39 Å². The molecule has 0 fully saturated rings. The molecule has 1 aromatic carbocycles. The largest absolute Gasteiger partial charge is 0.303 e. The monoisotopic (exact) mass is 286 g/mol. The second kappa shape index (κ2) is 6.14. The Balaban J connectivity index is 2.66. The Morgan fingerprint density at radius 3 is 2.69 bits per heavy atom. The van der Waals surface area contributed by atoms with Crippen LogP contribution in [0.2, 0.25) is 0 Å². The molecule has 1 unspecified atom stereocenters. The number of benzene rings is 1. The predicted octanol–water partition coefficient (Wildman–Crippen LogP) is 3.99. The number of aryl methyl sites for hydroxylation is 1. The molecule has 0 aliphatic rings. The van der Waals surface area contributed by atoms with Gasteiger partial charge in [0.15, 0.2) is 0 Å². The van der Waals surface area contributed by atoms with Gasteiger partial charge in [-0.2, -0.15) is 0 Å². The average Bonchev–Trinajstić information content (AvgIpc) is 2.23. The van der Waals surface area contributed by atoms with Crippen molar-refractivity contribution in [3.63, 3.8) is 0 Å². The Labute approximate surface area is 104 Å². The van der Waals surface area contributed by atoms with Crippen molar-refractivity contribution in [1.29, 1.82) is 0 Å². The molecular weight excluding hydrogens is 271 g/mol. The highest BCUT2D eigenvalue weighted by molar-refractivity contribution is 9.10. The first kappa shape index (κ1) is 13.4. The summed E-state index contributed by atoms with van der Waals surface area (Å²) < 4.78 is 13.9. The first-order chi connectivity index (χ1) is 7.54. The molecule has 1 rings (SSSR count). The van der Waals surface area contributed by atoms with Crippen LogP contribution >= 0.6 is 15.9 Å². The normalized spacial score (nSPS) is 12.8. The number of carbonyl (C=O) groups is 1. The van der Waals surface area contributed by atoms with E-state index in [1.807, 2.05) is 13.8 Å². The van der Waals surface area contributed by atoms with Crippen molar-refractivity contribution in [3.05, 3.63) is 34.1 Å². The first-order valence-corrected chi connectivity index (χ1v) is 6.23. The van der Waals surface area contributed by atoms with Crippen LogP contribution in [0.3, 0.4) is 0 Å². The zero-order chi connectivity index (χ0) is 12.1. The Bertz CT molecular complexity index is 363. The minimum absolute atomic E-state index is 0.0511. The van der Waals surface area contributed by atoms with Crippen LogP contribution in [0.25, 0.3) is 0 Å². The highest BCUT2D eigenvalue weighted by atomic mass is 79.9. The second-order valence-electron chi connectivity index (χ2n) is 4.32. The van der Waals surface area contributed by atoms with E-state index in [0.717, 1.165) is 29.2 Å². The minimum Gasteiger partial charge on any atom is -0.303 e. The molecule has 0 heterocycles. The molecule has 1 aromatic rings. The van der Waals surface area contributed by atoms with Gasteiger partial charge in [0.2, 0.25) is 0 Å². The summed E-state index contributed by atoms with van der Waals surface area (Å²) in [5.74, 6) is 0.158. The molecule has 0 radical (unpaired) electrons. The fourth-order valence-corrected chi connectivity index (χ4v) is 2.06. The van der Waals surface area contributed by atoms with Crippen molar-refractivity contribution >= 4 is 22.2 Å². The standard InChI is InChI=1S/C13H16BrFO/c1-9(2)11(8-16)4-3-10-7-12(15)5-6-13(10)14/h5-9,11H,3-4H2,1-2H3. The van der Waals surface area contributed by atoms with Crippen molar-refractivity contribution in [1.82, 2.24) is 0 Å². The van der Waals surface area contributed by atoms with Crippen molar-refractivity contribution in [2.24, 2.45) is 11.8 Å². The van der Waals surface area contributed by atoms with Crippen molar-refractivity contribution in [2.45, 2.75) is 26.7 Å². The fraction of sp³-hybridized carbons (Fsp3) is 0.462. The highest BCUT2D eigenvalue weighted by Gasteiger charge is 2.13. The Hall–Kier alpha value is -0.700. The van der Waals surface area contributed by atoms with E-state index < -0.39 is 0 Å². The molecule has 0 aliphatic carbocycles. The Kier molecular flexibility index (Phi) is 5.13. The summed E-state index contributed by atoms with van der Waals surface area (Å²) in [6.07, 6.45) is 2.49. The first-order valence-electron chi connectivity index (χ1n) is 5.43. The zero-order valence-electron chi connectivity index (χ0n) is 9.54. The lowest BCUT2D eigenvalue weighted by Gasteiger charge is -2.14. The van der Waals surface area contributed by atoms with Crippen LogP contribution in [0.15, 0.2) is 22.7 Å². The van der Waals surface area contributed by atoms with Crippen LogP contribution in [-0.4, -0.2) is 6.29 Å². The summed E-state index contributed by atoms with van der Waals surface area (Å²) >= 11 is 3.38. The zero-order valence-corrected chi connectivity index (χ0v) is 11.1. The third-order valence-electron chi connectivity index (χ3n) is 2.79. The number of hydrogen-bond donors (Lipinski definition) is 0. The molecule has 0 aromatic heterocycles. The van der Waals surface area contributed by atoms with Crippen LogP contribution in [0.5, 0.6) is 0 Å². The van der Waals surface area contributed by atoms with E-state index in [1.54, 1.807) is 6.07 Å². The summed E-state index contributed by atoms with van der Waals surface area (Å²) in [6, 6.07) is 4.65. The molecular formula is C13H16BrFO. The molecule has 0 aliphatic heterocycles. The second-order valence-corrected chi connectivity index (χ2v) is 5.17. The SMILES string of the molecule is CC(C)C(C=O)CCc1cc(F)ccc1Br. The van der Waals surface area contributed by atoms with Crippen molar-refractivity contribution < 1.29 is 9.18 Å². The molecule has 16 heavy (non-hydrogen) atoms. The summed E-state index contributed by atoms with van der Waals surface area (Å²) in [5, 5.41) is 0. The van der Waals surface area contributed by atoms with Gasteiger partial charge >= 0.3 is 0 Å². The Morgan fingerprint density at radius 1 is 1.44 bits per heavy atom. The fourth-order valence-electron chi connectivity index (χ4n) is 1.62. The topological polar surface area (TPSA) is 17.1 Å². The van der Waals surface area contributed by atoms with Crippen LogP contribution in [-0.2, 0) is 11.2 Å². The maximum atomic E-state index is 13.0. The molecule has 0 bridgehead atoms. The van der Waals surface area contributed by atoms with Gasteiger partial charge in [-0.3, -0.25) is 0 Å². The van der Waals surface area contributed by atoms with Gasteiger partial charge in [0.1, 0.15) is 12.1 Å². The molecule has 0 saturated heterocycles. The molecule has 0 spiro atoms. The summed E-state index contributed by atoms with van der Waals surface area (Å²) in [5.41, 5.74) is 0.924. The highest BCUT2D eigenvalue weighted by Crippen LogP contribution is 2.22. The van der Waals surface area contributed by atoms with E-state index in [0.29, 0.717) is 5.92 Å². The predicted molar refractivity (Wildman–Crippen MR) is 66.8 cm³/mol. The number of halogens is 2. The number of rotatable bonds is 5. The average molecular weight is 287 g/mol. The third-order valence-corrected chi connectivity index (χ3v) is 3.56. The van der Waals surface area contributed by atoms with Crippen molar-refractivity contribution in [2.75, 3.05) is 0 Å². The van der Waals surface area contributed by atoms with Crippen LogP contribution in [0, 0.1) is 17.7 Å². The maximum absolute atomic E-state index is 13.0. The van der Waals surface area contributed by atoms with Gasteiger partial charge in [0.05, 0.1) is 0 Å². The lowest BCUT2D eigenvalue weighted by Crippen LogP contribution is -2.11. The van der Waals surface area contributed by atoms with Gasteiger partial charge in [-0.15, -0.1) is 0 Å².